The van der Waals surface area contributed by atoms with Crippen molar-refractivity contribution in [3.8, 4) is 5.75 Å². The molecule has 0 N–H and O–H groups in total. The largest absolute Gasteiger partial charge is 0.497 e. The maximum absolute atomic E-state index is 12.9. The molecular weight excluding hydrogens is 424 g/mol. The lowest BCUT2D eigenvalue weighted by Gasteiger charge is -2.35. The van der Waals surface area contributed by atoms with Crippen molar-refractivity contribution in [1.29, 1.82) is 0 Å². The monoisotopic (exact) mass is 452 g/mol. The molecule has 32 heavy (non-hydrogen) atoms. The van der Waals surface area contributed by atoms with Gasteiger partial charge in [-0.1, -0.05) is 29.8 Å². The molecule has 7 heteroatoms. The van der Waals surface area contributed by atoms with Crippen LogP contribution in [0.5, 0.6) is 5.75 Å². The van der Waals surface area contributed by atoms with Crippen molar-refractivity contribution < 1.29 is 18.2 Å². The first-order chi connectivity index (χ1) is 15.5. The quantitative estimate of drug-likeness (QED) is 0.542. The van der Waals surface area contributed by atoms with Gasteiger partial charge in [-0.25, -0.2) is 0 Å². The third kappa shape index (κ3) is 5.40. The molecule has 1 amide bonds. The van der Waals surface area contributed by atoms with Crippen LogP contribution in [-0.4, -0.2) is 48.3 Å². The van der Waals surface area contributed by atoms with Crippen LogP contribution in [0.25, 0.3) is 0 Å². The van der Waals surface area contributed by atoms with Crippen molar-refractivity contribution >= 4 is 22.4 Å². The normalized spacial score (nSPS) is 14.9. The molecule has 4 rings (SSSR count). The number of nitrogens with zero attached hydrogens (tertiary/aromatic N) is 2. The molecule has 168 valence electrons. The first-order valence-electron chi connectivity index (χ1n) is 10.7. The van der Waals surface area contributed by atoms with Crippen LogP contribution in [0.2, 0.25) is 0 Å². The van der Waals surface area contributed by atoms with Crippen LogP contribution in [0.15, 0.2) is 65.1 Å². The zero-order valence-electron chi connectivity index (χ0n) is 18.5. The van der Waals surface area contributed by atoms with E-state index in [1.54, 1.807) is 19.2 Å². The number of ether oxygens (including phenoxy) is 1. The average Bonchev–Trinajstić information content (AvgIpc) is 3.28. The van der Waals surface area contributed by atoms with Crippen LogP contribution < -0.4 is 9.64 Å². The number of furan rings is 1. The van der Waals surface area contributed by atoms with Gasteiger partial charge in [0.2, 0.25) is 0 Å². The minimum absolute atomic E-state index is 0.116. The lowest BCUT2D eigenvalue weighted by Crippen LogP contribution is -2.48. The smallest absolute Gasteiger partial charge is 0.289 e. The molecule has 3 aromatic rings. The SMILES string of the molecule is COc1ccc(N2CCN(C(=O)c3ccc(C[S@@](=O)Cc4ccc(C)cc4)o3)CC2)cc1. The number of benzene rings is 2. The van der Waals surface area contributed by atoms with E-state index in [1.165, 1.54) is 5.56 Å². The molecule has 0 saturated carbocycles. The molecule has 1 aromatic heterocycles. The third-order valence-electron chi connectivity index (χ3n) is 5.63. The Morgan fingerprint density at radius 3 is 2.28 bits per heavy atom. The minimum atomic E-state index is -1.10. The Kier molecular flexibility index (Phi) is 6.95. The van der Waals surface area contributed by atoms with Gasteiger partial charge < -0.3 is 19.0 Å². The van der Waals surface area contributed by atoms with Gasteiger partial charge in [0.15, 0.2) is 5.76 Å². The number of anilines is 1. The Morgan fingerprint density at radius 1 is 0.938 bits per heavy atom. The van der Waals surface area contributed by atoms with Crippen LogP contribution in [0, 0.1) is 6.92 Å². The summed E-state index contributed by atoms with van der Waals surface area (Å²) < 4.78 is 23.5. The maximum Gasteiger partial charge on any atom is 0.289 e. The number of hydrogen-bond donors (Lipinski definition) is 0. The second-order valence-electron chi connectivity index (χ2n) is 7.96. The highest BCUT2D eigenvalue weighted by Crippen LogP contribution is 2.21. The van der Waals surface area contributed by atoms with E-state index >= 15 is 0 Å². The van der Waals surface area contributed by atoms with Gasteiger partial charge in [-0.15, -0.1) is 0 Å². The summed E-state index contributed by atoms with van der Waals surface area (Å²) in [5.74, 6) is 2.37. The zero-order valence-corrected chi connectivity index (χ0v) is 19.3. The highest BCUT2D eigenvalue weighted by atomic mass is 32.2. The molecule has 0 spiro atoms. The van der Waals surface area contributed by atoms with Crippen molar-refractivity contribution in [2.24, 2.45) is 0 Å². The van der Waals surface area contributed by atoms with Gasteiger partial charge in [0.1, 0.15) is 11.5 Å². The van der Waals surface area contributed by atoms with Crippen LogP contribution in [0.1, 0.15) is 27.4 Å². The van der Waals surface area contributed by atoms with Gasteiger partial charge in [-0.05, 0) is 48.9 Å². The zero-order chi connectivity index (χ0) is 22.5. The molecule has 1 aliphatic heterocycles. The molecule has 1 aliphatic rings. The summed E-state index contributed by atoms with van der Waals surface area (Å²) in [7, 11) is 0.558. The van der Waals surface area contributed by atoms with Crippen LogP contribution >= 0.6 is 0 Å². The lowest BCUT2D eigenvalue weighted by atomic mass is 10.2. The Labute approximate surface area is 191 Å². The minimum Gasteiger partial charge on any atom is -0.497 e. The molecule has 2 heterocycles. The van der Waals surface area contributed by atoms with Gasteiger partial charge >= 0.3 is 0 Å². The summed E-state index contributed by atoms with van der Waals surface area (Å²) in [6, 6.07) is 19.4. The van der Waals surface area contributed by atoms with Crippen LogP contribution in [-0.2, 0) is 22.3 Å². The van der Waals surface area contributed by atoms with Gasteiger partial charge in [0.05, 0.1) is 12.9 Å². The Balaban J connectivity index is 1.29. The topological polar surface area (TPSA) is 63.0 Å². The van der Waals surface area contributed by atoms with Crippen LogP contribution in [0.3, 0.4) is 0 Å². The Hall–Kier alpha value is -3.06. The van der Waals surface area contributed by atoms with E-state index in [1.807, 2.05) is 60.4 Å². The highest BCUT2D eigenvalue weighted by Gasteiger charge is 2.24. The number of carbonyl (C=O) groups excluding carboxylic acids is 1. The number of amides is 1. The molecule has 1 saturated heterocycles. The van der Waals surface area contributed by atoms with E-state index in [2.05, 4.69) is 4.90 Å². The highest BCUT2D eigenvalue weighted by molar-refractivity contribution is 7.83. The summed E-state index contributed by atoms with van der Waals surface area (Å²) in [4.78, 5) is 16.9. The molecule has 1 atom stereocenters. The first-order valence-corrected chi connectivity index (χ1v) is 12.2. The summed E-state index contributed by atoms with van der Waals surface area (Å²) >= 11 is 0. The molecule has 1 fully saturated rings. The van der Waals surface area contributed by atoms with E-state index in [0.29, 0.717) is 36.1 Å². The first kappa shape index (κ1) is 22.1. The average molecular weight is 453 g/mol. The van der Waals surface area contributed by atoms with Crippen LogP contribution in [0.4, 0.5) is 5.69 Å². The second-order valence-corrected chi connectivity index (χ2v) is 9.41. The number of hydrogen-bond acceptors (Lipinski definition) is 5. The fourth-order valence-electron chi connectivity index (χ4n) is 3.77. The van der Waals surface area contributed by atoms with E-state index in [-0.39, 0.29) is 5.91 Å². The number of carbonyl (C=O) groups is 1. The lowest BCUT2D eigenvalue weighted by molar-refractivity contribution is 0.0713. The number of rotatable bonds is 7. The number of methoxy groups -OCH3 is 1. The number of piperazine rings is 1. The van der Waals surface area contributed by atoms with E-state index < -0.39 is 10.8 Å². The standard InChI is InChI=1S/C25H28N2O4S/c1-19-3-5-20(6-4-19)17-32(29)18-23-11-12-24(31-23)25(28)27-15-13-26(14-16-27)21-7-9-22(30-2)10-8-21/h3-12H,13-18H2,1-2H3/t32-/m0/s1. The van der Waals surface area contributed by atoms with Crippen molar-refractivity contribution in [2.45, 2.75) is 18.4 Å². The van der Waals surface area contributed by atoms with E-state index in [0.717, 1.165) is 30.1 Å². The molecule has 0 aliphatic carbocycles. The van der Waals surface area contributed by atoms with Crippen molar-refractivity contribution in [3.63, 3.8) is 0 Å². The maximum atomic E-state index is 12.9. The third-order valence-corrected chi connectivity index (χ3v) is 6.89. The molecule has 0 radical (unpaired) electrons. The fourth-order valence-corrected chi connectivity index (χ4v) is 4.91. The van der Waals surface area contributed by atoms with E-state index in [4.69, 9.17) is 9.15 Å². The molecule has 0 bridgehead atoms. The van der Waals surface area contributed by atoms with Gasteiger partial charge in [0, 0.05) is 48.4 Å². The predicted molar refractivity (Wildman–Crippen MR) is 127 cm³/mol. The van der Waals surface area contributed by atoms with Crippen molar-refractivity contribution in [1.82, 2.24) is 4.90 Å². The summed E-state index contributed by atoms with van der Waals surface area (Å²) in [5.41, 5.74) is 3.33. The summed E-state index contributed by atoms with van der Waals surface area (Å²) in [6.07, 6.45) is 0. The number of aryl methyl sites for hydroxylation is 1. The Bertz CT molecular complexity index is 1070. The Morgan fingerprint density at radius 2 is 1.62 bits per heavy atom. The van der Waals surface area contributed by atoms with Crippen molar-refractivity contribution in [3.05, 3.63) is 83.3 Å². The van der Waals surface area contributed by atoms with Gasteiger partial charge in [0.25, 0.3) is 5.91 Å². The summed E-state index contributed by atoms with van der Waals surface area (Å²) in [6.45, 7) is 4.79. The van der Waals surface area contributed by atoms with Crippen molar-refractivity contribution in [2.75, 3.05) is 38.2 Å². The molecule has 0 unspecified atom stereocenters. The molecule has 6 nitrogen and oxygen atoms in total. The molecular formula is C25H28N2O4S. The molecule has 2 aromatic carbocycles. The fraction of sp³-hybridized carbons (Fsp3) is 0.320. The second kappa shape index (κ2) is 10.0. The van der Waals surface area contributed by atoms with Gasteiger partial charge in [-0.3, -0.25) is 9.00 Å². The van der Waals surface area contributed by atoms with Gasteiger partial charge in [-0.2, -0.15) is 0 Å². The predicted octanol–water partition coefficient (Wildman–Crippen LogP) is 4.01. The van der Waals surface area contributed by atoms with E-state index in [9.17, 15) is 9.00 Å². The summed E-state index contributed by atoms with van der Waals surface area (Å²) in [5, 5.41) is 0.